The van der Waals surface area contributed by atoms with Gasteiger partial charge in [-0.05, 0) is 24.6 Å². The van der Waals surface area contributed by atoms with Crippen molar-refractivity contribution in [3.63, 3.8) is 0 Å². The van der Waals surface area contributed by atoms with Crippen LogP contribution >= 0.6 is 15.9 Å². The van der Waals surface area contributed by atoms with E-state index >= 15 is 0 Å². The number of aryl methyl sites for hydroxylation is 1. The molecule has 0 spiro atoms. The van der Waals surface area contributed by atoms with Gasteiger partial charge in [-0.1, -0.05) is 64.0 Å². The molecule has 0 aromatic heterocycles. The Morgan fingerprint density at radius 1 is 1.08 bits per heavy atom. The molecule has 2 aromatic carbocycles. The molecular weight excluding hydrogens is 404 g/mol. The van der Waals surface area contributed by atoms with Crippen molar-refractivity contribution in [2.45, 2.75) is 35.5 Å². The third kappa shape index (κ3) is 6.64. The monoisotopic (exact) mass is 426 g/mol. The summed E-state index contributed by atoms with van der Waals surface area (Å²) < 4.78 is 17.8. The van der Waals surface area contributed by atoms with Gasteiger partial charge in [0, 0.05) is 4.90 Å². The lowest BCUT2D eigenvalue weighted by Gasteiger charge is -2.22. The van der Waals surface area contributed by atoms with E-state index in [1.54, 1.807) is 12.1 Å². The lowest BCUT2D eigenvalue weighted by molar-refractivity contribution is 0.0107. The largest absolute Gasteiger partial charge is 0.389 e. The van der Waals surface area contributed by atoms with E-state index in [1.165, 1.54) is 0 Å². The highest BCUT2D eigenvalue weighted by Crippen LogP contribution is 2.15. The molecule has 2 N–H and O–H groups in total. The van der Waals surface area contributed by atoms with Crippen molar-refractivity contribution in [2.24, 2.45) is 0 Å². The van der Waals surface area contributed by atoms with Crippen LogP contribution in [0, 0.1) is 6.92 Å². The van der Waals surface area contributed by atoms with Crippen molar-refractivity contribution in [1.82, 2.24) is 0 Å². The SMILES string of the molecule is Cc1ccc([S@@](=O)C[C@@H](O)[C@H](O)[C@H](Br)COCc2ccccc2)cc1. The molecule has 0 heterocycles. The van der Waals surface area contributed by atoms with E-state index in [0.29, 0.717) is 11.5 Å². The van der Waals surface area contributed by atoms with Crippen molar-refractivity contribution >= 4 is 26.7 Å². The molecule has 4 atom stereocenters. The molecule has 4 nitrogen and oxygen atoms in total. The van der Waals surface area contributed by atoms with Crippen molar-refractivity contribution < 1.29 is 19.2 Å². The van der Waals surface area contributed by atoms with Crippen LogP contribution < -0.4 is 0 Å². The maximum Gasteiger partial charge on any atom is 0.0955 e. The van der Waals surface area contributed by atoms with Crippen LogP contribution in [0.4, 0.5) is 0 Å². The summed E-state index contributed by atoms with van der Waals surface area (Å²) in [7, 11) is -1.37. The van der Waals surface area contributed by atoms with Gasteiger partial charge in [-0.25, -0.2) is 0 Å². The van der Waals surface area contributed by atoms with Crippen molar-refractivity contribution in [2.75, 3.05) is 12.4 Å². The molecule has 2 aromatic rings. The number of aliphatic hydroxyl groups is 2. The first-order valence-electron chi connectivity index (χ1n) is 8.04. The number of rotatable bonds is 9. The average Bonchev–Trinajstić information content (AvgIpc) is 2.62. The van der Waals surface area contributed by atoms with E-state index in [4.69, 9.17) is 4.74 Å². The molecule has 2 rings (SSSR count). The second-order valence-corrected chi connectivity index (χ2v) is 8.57. The van der Waals surface area contributed by atoms with Crippen LogP contribution in [0.15, 0.2) is 59.5 Å². The number of alkyl halides is 1. The number of hydrogen-bond acceptors (Lipinski definition) is 4. The number of benzene rings is 2. The number of hydrogen-bond donors (Lipinski definition) is 2. The highest BCUT2D eigenvalue weighted by Gasteiger charge is 2.26. The first-order chi connectivity index (χ1) is 12.0. The van der Waals surface area contributed by atoms with Crippen LogP contribution in [0.5, 0.6) is 0 Å². The van der Waals surface area contributed by atoms with Crippen LogP contribution in [0.2, 0.25) is 0 Å². The van der Waals surface area contributed by atoms with Gasteiger partial charge in [-0.3, -0.25) is 4.21 Å². The molecule has 0 unspecified atom stereocenters. The molecule has 136 valence electrons. The number of ether oxygens (including phenoxy) is 1. The molecule has 0 amide bonds. The summed E-state index contributed by atoms with van der Waals surface area (Å²) in [6.45, 7) is 2.63. The van der Waals surface area contributed by atoms with Crippen LogP contribution in [-0.2, 0) is 22.1 Å². The standard InChI is InChI=1S/C19H23BrO4S/c1-14-7-9-16(10-8-14)25(23)13-18(21)19(22)17(20)12-24-11-15-5-3-2-4-6-15/h2-10,17-19,21-22H,11-13H2,1H3/t17-,18-,19-,25+/m1/s1. The minimum absolute atomic E-state index is 0.0228. The van der Waals surface area contributed by atoms with Gasteiger partial charge in [0.1, 0.15) is 0 Å². The molecule has 0 fully saturated rings. The maximum atomic E-state index is 12.3. The van der Waals surface area contributed by atoms with E-state index in [0.717, 1.165) is 11.1 Å². The molecular formula is C19H23BrO4S. The fourth-order valence-corrected chi connectivity index (χ4v) is 3.92. The Bertz CT molecular complexity index is 663. The fourth-order valence-electron chi connectivity index (χ4n) is 2.24. The van der Waals surface area contributed by atoms with E-state index in [2.05, 4.69) is 15.9 Å². The van der Waals surface area contributed by atoms with Gasteiger partial charge in [0.15, 0.2) is 0 Å². The molecule has 0 aliphatic carbocycles. The third-order valence-corrected chi connectivity index (χ3v) is 6.01. The summed E-state index contributed by atoms with van der Waals surface area (Å²) >= 11 is 3.34. The molecule has 0 aliphatic heterocycles. The quantitative estimate of drug-likeness (QED) is 0.604. The van der Waals surface area contributed by atoms with Crippen LogP contribution in [0.1, 0.15) is 11.1 Å². The predicted octanol–water partition coefficient (Wildman–Crippen LogP) is 2.80. The zero-order valence-electron chi connectivity index (χ0n) is 14.0. The predicted molar refractivity (Wildman–Crippen MR) is 103 cm³/mol. The average molecular weight is 427 g/mol. The van der Waals surface area contributed by atoms with Gasteiger partial charge in [0.05, 0.1) is 46.8 Å². The first-order valence-corrected chi connectivity index (χ1v) is 10.3. The van der Waals surface area contributed by atoms with Crippen LogP contribution in [0.25, 0.3) is 0 Å². The minimum atomic E-state index is -1.37. The highest BCUT2D eigenvalue weighted by atomic mass is 79.9. The van der Waals surface area contributed by atoms with Crippen molar-refractivity contribution in [1.29, 1.82) is 0 Å². The highest BCUT2D eigenvalue weighted by molar-refractivity contribution is 9.09. The van der Waals surface area contributed by atoms with E-state index in [9.17, 15) is 14.4 Å². The van der Waals surface area contributed by atoms with Gasteiger partial charge in [0.25, 0.3) is 0 Å². The lowest BCUT2D eigenvalue weighted by Crippen LogP contribution is -2.39. The summed E-state index contributed by atoms with van der Waals surface area (Å²) in [5, 5.41) is 20.4. The molecule has 0 radical (unpaired) electrons. The summed E-state index contributed by atoms with van der Waals surface area (Å²) in [5.74, 6) is -0.0228. The molecule has 6 heteroatoms. The summed E-state index contributed by atoms with van der Waals surface area (Å²) in [6.07, 6.45) is -2.17. The number of aliphatic hydroxyl groups excluding tert-OH is 2. The molecule has 0 bridgehead atoms. The number of halogens is 1. The second-order valence-electron chi connectivity index (χ2n) is 5.90. The molecule has 25 heavy (non-hydrogen) atoms. The summed E-state index contributed by atoms with van der Waals surface area (Å²) in [6, 6.07) is 17.0. The lowest BCUT2D eigenvalue weighted by atomic mass is 10.2. The van der Waals surface area contributed by atoms with Crippen molar-refractivity contribution in [3.05, 3.63) is 65.7 Å². The van der Waals surface area contributed by atoms with E-state index in [-0.39, 0.29) is 12.4 Å². The third-order valence-electron chi connectivity index (χ3n) is 3.76. The molecule has 0 saturated heterocycles. The van der Waals surface area contributed by atoms with E-state index < -0.39 is 27.8 Å². The Morgan fingerprint density at radius 3 is 2.36 bits per heavy atom. The Labute approximate surface area is 159 Å². The Balaban J connectivity index is 1.78. The van der Waals surface area contributed by atoms with Crippen LogP contribution in [0.3, 0.4) is 0 Å². The van der Waals surface area contributed by atoms with E-state index in [1.807, 2.05) is 49.4 Å². The van der Waals surface area contributed by atoms with Crippen LogP contribution in [-0.4, -0.2) is 43.8 Å². The Hall–Kier alpha value is -1.05. The Kier molecular flexibility index (Phi) is 8.26. The first kappa shape index (κ1) is 20.3. The van der Waals surface area contributed by atoms with Gasteiger partial charge in [-0.2, -0.15) is 0 Å². The minimum Gasteiger partial charge on any atom is -0.389 e. The smallest absolute Gasteiger partial charge is 0.0955 e. The zero-order valence-corrected chi connectivity index (χ0v) is 16.4. The zero-order chi connectivity index (χ0) is 18.2. The summed E-state index contributed by atoms with van der Waals surface area (Å²) in [4.78, 5) is 0.199. The van der Waals surface area contributed by atoms with Gasteiger partial charge < -0.3 is 14.9 Å². The summed E-state index contributed by atoms with van der Waals surface area (Å²) in [5.41, 5.74) is 2.12. The maximum absolute atomic E-state index is 12.3. The van der Waals surface area contributed by atoms with Gasteiger partial charge in [0.2, 0.25) is 0 Å². The topological polar surface area (TPSA) is 66.8 Å². The normalized spacial score (nSPS) is 16.2. The van der Waals surface area contributed by atoms with Gasteiger partial charge >= 0.3 is 0 Å². The molecule has 0 saturated carbocycles. The molecule has 0 aliphatic rings. The second kappa shape index (κ2) is 10.2. The van der Waals surface area contributed by atoms with Crippen molar-refractivity contribution in [3.8, 4) is 0 Å². The van der Waals surface area contributed by atoms with Gasteiger partial charge in [-0.15, -0.1) is 0 Å². The Morgan fingerprint density at radius 2 is 1.72 bits per heavy atom. The fraction of sp³-hybridized carbons (Fsp3) is 0.368.